The minimum Gasteiger partial charge on any atom is -0.352 e. The molecule has 2 amide bonds. The number of nitrogens with one attached hydrogen (secondary N) is 2. The fourth-order valence-corrected chi connectivity index (χ4v) is 2.47. The molecule has 0 spiro atoms. The largest absolute Gasteiger partial charge is 0.352 e. The summed E-state index contributed by atoms with van der Waals surface area (Å²) in [5, 5.41) is 5.65. The van der Waals surface area contributed by atoms with Crippen LogP contribution in [0.3, 0.4) is 0 Å². The van der Waals surface area contributed by atoms with E-state index in [1.165, 1.54) is 0 Å². The predicted molar refractivity (Wildman–Crippen MR) is 75.0 cm³/mol. The molecule has 0 heterocycles. The molecule has 0 radical (unpaired) electrons. The Kier molecular flexibility index (Phi) is 4.55. The highest BCUT2D eigenvalue weighted by atomic mass is 16.2. The van der Waals surface area contributed by atoms with E-state index in [4.69, 9.17) is 0 Å². The summed E-state index contributed by atoms with van der Waals surface area (Å²) in [6.07, 6.45) is 4.15. The van der Waals surface area contributed by atoms with Crippen LogP contribution in [0.4, 0.5) is 5.69 Å². The normalized spacial score (nSPS) is 15.2. The first-order valence-electron chi connectivity index (χ1n) is 6.90. The van der Waals surface area contributed by atoms with E-state index in [1.54, 1.807) is 18.2 Å². The first kappa shape index (κ1) is 13.6. The summed E-state index contributed by atoms with van der Waals surface area (Å²) in [5.74, 6) is -0.0126. The molecule has 4 heteroatoms. The fourth-order valence-electron chi connectivity index (χ4n) is 2.47. The van der Waals surface area contributed by atoms with E-state index in [0.717, 1.165) is 25.7 Å². The Morgan fingerprint density at radius 3 is 2.58 bits per heavy atom. The van der Waals surface area contributed by atoms with Crippen LogP contribution in [-0.4, -0.2) is 18.4 Å². The molecule has 0 saturated heterocycles. The van der Waals surface area contributed by atoms with Gasteiger partial charge < -0.3 is 10.6 Å². The molecule has 0 atom stereocenters. The van der Waals surface area contributed by atoms with E-state index in [-0.39, 0.29) is 17.7 Å². The van der Waals surface area contributed by atoms with Crippen molar-refractivity contribution < 1.29 is 9.59 Å². The molecule has 4 nitrogen and oxygen atoms in total. The van der Waals surface area contributed by atoms with Gasteiger partial charge in [-0.25, -0.2) is 0 Å². The molecule has 1 aromatic rings. The van der Waals surface area contributed by atoms with Crippen LogP contribution in [0.15, 0.2) is 24.3 Å². The third kappa shape index (κ3) is 3.34. The molecular weight excluding hydrogens is 240 g/mol. The average Bonchev–Trinajstić information content (AvgIpc) is 2.93. The maximum atomic E-state index is 12.1. The highest BCUT2D eigenvalue weighted by Gasteiger charge is 2.23. The van der Waals surface area contributed by atoms with Gasteiger partial charge in [-0.2, -0.15) is 0 Å². The Morgan fingerprint density at radius 2 is 1.89 bits per heavy atom. The zero-order valence-electron chi connectivity index (χ0n) is 11.2. The lowest BCUT2D eigenvalue weighted by Gasteiger charge is -2.13. The smallest absolute Gasteiger partial charge is 0.253 e. The fraction of sp³-hybridized carbons (Fsp3) is 0.467. The predicted octanol–water partition coefficient (Wildman–Crippen LogP) is 2.57. The van der Waals surface area contributed by atoms with Gasteiger partial charge in [0.25, 0.3) is 5.91 Å². The second kappa shape index (κ2) is 6.36. The summed E-state index contributed by atoms with van der Waals surface area (Å²) in [6.45, 7) is 2.45. The highest BCUT2D eigenvalue weighted by Crippen LogP contribution is 2.26. The van der Waals surface area contributed by atoms with Crippen LogP contribution in [0.2, 0.25) is 0 Å². The van der Waals surface area contributed by atoms with Crippen LogP contribution in [0.5, 0.6) is 0 Å². The van der Waals surface area contributed by atoms with Gasteiger partial charge in [0.05, 0.1) is 11.3 Å². The van der Waals surface area contributed by atoms with E-state index in [9.17, 15) is 9.59 Å². The Morgan fingerprint density at radius 1 is 1.21 bits per heavy atom. The number of hydrogen-bond acceptors (Lipinski definition) is 2. The maximum absolute atomic E-state index is 12.1. The van der Waals surface area contributed by atoms with E-state index < -0.39 is 0 Å². The second-order valence-electron chi connectivity index (χ2n) is 4.88. The van der Waals surface area contributed by atoms with E-state index in [0.29, 0.717) is 17.8 Å². The SMILES string of the molecule is CCNC(=O)c1ccccc1NC(=O)C1CCCC1. The van der Waals surface area contributed by atoms with Crippen LogP contribution in [0.25, 0.3) is 0 Å². The lowest BCUT2D eigenvalue weighted by Crippen LogP contribution is -2.26. The van der Waals surface area contributed by atoms with Crippen molar-refractivity contribution in [1.82, 2.24) is 5.32 Å². The van der Waals surface area contributed by atoms with Crippen LogP contribution >= 0.6 is 0 Å². The number of carbonyl (C=O) groups is 2. The van der Waals surface area contributed by atoms with Gasteiger partial charge in [-0.15, -0.1) is 0 Å². The first-order chi connectivity index (χ1) is 9.22. The number of rotatable bonds is 4. The Labute approximate surface area is 113 Å². The molecular formula is C15H20N2O2. The topological polar surface area (TPSA) is 58.2 Å². The number of hydrogen-bond donors (Lipinski definition) is 2. The summed E-state index contributed by atoms with van der Waals surface area (Å²) < 4.78 is 0. The van der Waals surface area contributed by atoms with Crippen LogP contribution in [0, 0.1) is 5.92 Å². The molecule has 0 aromatic heterocycles. The number of amides is 2. The molecule has 0 aliphatic heterocycles. The molecule has 1 saturated carbocycles. The van der Waals surface area contributed by atoms with Crippen molar-refractivity contribution in [3.63, 3.8) is 0 Å². The van der Waals surface area contributed by atoms with Gasteiger partial charge in [-0.05, 0) is 31.9 Å². The minimum atomic E-state index is -0.148. The highest BCUT2D eigenvalue weighted by molar-refractivity contribution is 6.04. The summed E-state index contributed by atoms with van der Waals surface area (Å²) in [4.78, 5) is 24.0. The third-order valence-electron chi connectivity index (χ3n) is 3.49. The molecule has 0 bridgehead atoms. The van der Waals surface area contributed by atoms with Crippen molar-refractivity contribution >= 4 is 17.5 Å². The summed E-state index contributed by atoms with van der Waals surface area (Å²) in [6, 6.07) is 7.13. The monoisotopic (exact) mass is 260 g/mol. The number of para-hydroxylation sites is 1. The van der Waals surface area contributed by atoms with E-state index >= 15 is 0 Å². The Bertz CT molecular complexity index is 465. The van der Waals surface area contributed by atoms with Crippen LogP contribution in [0.1, 0.15) is 43.0 Å². The molecule has 1 aliphatic carbocycles. The molecule has 19 heavy (non-hydrogen) atoms. The van der Waals surface area contributed by atoms with Crippen LogP contribution in [-0.2, 0) is 4.79 Å². The lowest BCUT2D eigenvalue weighted by atomic mass is 10.1. The van der Waals surface area contributed by atoms with Gasteiger partial charge in [0, 0.05) is 12.5 Å². The Hall–Kier alpha value is -1.84. The molecule has 0 unspecified atom stereocenters. The van der Waals surface area contributed by atoms with Crippen molar-refractivity contribution in [2.24, 2.45) is 5.92 Å². The third-order valence-corrected chi connectivity index (χ3v) is 3.49. The number of anilines is 1. The quantitative estimate of drug-likeness (QED) is 0.874. The molecule has 1 aromatic carbocycles. The molecule has 1 fully saturated rings. The maximum Gasteiger partial charge on any atom is 0.253 e. The van der Waals surface area contributed by atoms with E-state index in [1.807, 2.05) is 13.0 Å². The van der Waals surface area contributed by atoms with Crippen molar-refractivity contribution in [1.29, 1.82) is 0 Å². The summed E-state index contributed by atoms with van der Waals surface area (Å²) >= 11 is 0. The number of carbonyl (C=O) groups excluding carboxylic acids is 2. The van der Waals surface area contributed by atoms with Gasteiger partial charge in [0.1, 0.15) is 0 Å². The molecule has 102 valence electrons. The van der Waals surface area contributed by atoms with Crippen molar-refractivity contribution in [3.05, 3.63) is 29.8 Å². The van der Waals surface area contributed by atoms with Gasteiger partial charge in [0.2, 0.25) is 5.91 Å². The number of benzene rings is 1. The minimum absolute atomic E-state index is 0.0363. The van der Waals surface area contributed by atoms with Crippen LogP contribution < -0.4 is 10.6 Å². The molecule has 2 N–H and O–H groups in total. The zero-order valence-corrected chi connectivity index (χ0v) is 11.2. The summed E-state index contributed by atoms with van der Waals surface area (Å²) in [7, 11) is 0. The lowest BCUT2D eigenvalue weighted by molar-refractivity contribution is -0.119. The first-order valence-corrected chi connectivity index (χ1v) is 6.90. The second-order valence-corrected chi connectivity index (χ2v) is 4.88. The Balaban J connectivity index is 2.11. The van der Waals surface area contributed by atoms with E-state index in [2.05, 4.69) is 10.6 Å². The van der Waals surface area contributed by atoms with Gasteiger partial charge in [0.15, 0.2) is 0 Å². The average molecular weight is 260 g/mol. The zero-order chi connectivity index (χ0) is 13.7. The van der Waals surface area contributed by atoms with Gasteiger partial charge in [-0.3, -0.25) is 9.59 Å². The molecule has 2 rings (SSSR count). The summed E-state index contributed by atoms with van der Waals surface area (Å²) in [5.41, 5.74) is 1.13. The van der Waals surface area contributed by atoms with Gasteiger partial charge in [-0.1, -0.05) is 25.0 Å². The van der Waals surface area contributed by atoms with Crippen molar-refractivity contribution in [3.8, 4) is 0 Å². The standard InChI is InChI=1S/C15H20N2O2/c1-2-16-15(19)12-9-5-6-10-13(12)17-14(18)11-7-3-4-8-11/h5-6,9-11H,2-4,7-8H2,1H3,(H,16,19)(H,17,18). The molecule has 1 aliphatic rings. The van der Waals surface area contributed by atoms with Crippen molar-refractivity contribution in [2.45, 2.75) is 32.6 Å². The van der Waals surface area contributed by atoms with Crippen molar-refractivity contribution in [2.75, 3.05) is 11.9 Å². The van der Waals surface area contributed by atoms with Gasteiger partial charge >= 0.3 is 0 Å².